The molecule has 3 N–H and O–H groups in total. The molecule has 0 aliphatic carbocycles. The van der Waals surface area contributed by atoms with Gasteiger partial charge in [-0.25, -0.2) is 0 Å². The number of hydrogen-bond donors (Lipinski definition) is 2. The van der Waals surface area contributed by atoms with Gasteiger partial charge in [-0.05, 0) is 53.4 Å². The highest BCUT2D eigenvalue weighted by Crippen LogP contribution is 2.28. The second-order valence-electron chi connectivity index (χ2n) is 5.18. The summed E-state index contributed by atoms with van der Waals surface area (Å²) >= 11 is 3.45. The number of methoxy groups -OCH3 is 1. The van der Waals surface area contributed by atoms with Crippen LogP contribution in [0.5, 0.6) is 5.75 Å². The van der Waals surface area contributed by atoms with Crippen molar-refractivity contribution in [2.45, 2.75) is 38.0 Å². The van der Waals surface area contributed by atoms with Gasteiger partial charge in [0.15, 0.2) is 0 Å². The summed E-state index contributed by atoms with van der Waals surface area (Å²) in [5.74, 6) is 0.688. The van der Waals surface area contributed by atoms with E-state index in [0.717, 1.165) is 28.6 Å². The highest BCUT2D eigenvalue weighted by atomic mass is 79.9. The number of halogens is 1. The minimum absolute atomic E-state index is 0.00573. The van der Waals surface area contributed by atoms with Crippen LogP contribution >= 0.6 is 15.9 Å². The number of ether oxygens (including phenoxy) is 2. The van der Waals surface area contributed by atoms with Gasteiger partial charge in [0, 0.05) is 6.54 Å². The van der Waals surface area contributed by atoms with Crippen LogP contribution in [-0.4, -0.2) is 31.8 Å². The van der Waals surface area contributed by atoms with Crippen LogP contribution in [0, 0.1) is 0 Å². The third-order valence-corrected chi connectivity index (χ3v) is 4.32. The summed E-state index contributed by atoms with van der Waals surface area (Å²) < 4.78 is 11.7. The Morgan fingerprint density at radius 1 is 1.57 bits per heavy atom. The van der Waals surface area contributed by atoms with Gasteiger partial charge in [0.1, 0.15) is 11.9 Å². The number of carbonyl (C=O) groups is 1. The van der Waals surface area contributed by atoms with Gasteiger partial charge in [-0.1, -0.05) is 6.07 Å². The molecule has 0 bridgehead atoms. The fraction of sp³-hybridized carbons (Fsp3) is 0.533. The normalized spacial score (nSPS) is 22.9. The van der Waals surface area contributed by atoms with E-state index in [0.29, 0.717) is 6.54 Å². The van der Waals surface area contributed by atoms with Gasteiger partial charge in [-0.3, -0.25) is 4.79 Å². The standard InChI is InChI=1S/C15H21BrN2O3/c1-9(10-3-5-13(20-2)12(16)7-10)18-15(19)14-6-4-11(8-17)21-14/h3,5,7,9,11,14H,4,6,8,17H2,1-2H3,(H,18,19)/t9?,11-,14+/m1/s1. The van der Waals surface area contributed by atoms with E-state index in [1.165, 1.54) is 0 Å². The molecule has 0 saturated carbocycles. The number of amides is 1. The summed E-state index contributed by atoms with van der Waals surface area (Å²) in [4.78, 5) is 12.2. The molecule has 1 amide bonds. The Kier molecular flexibility index (Phi) is 5.61. The van der Waals surface area contributed by atoms with Gasteiger partial charge in [0.05, 0.1) is 23.7 Å². The van der Waals surface area contributed by atoms with E-state index in [1.54, 1.807) is 7.11 Å². The minimum Gasteiger partial charge on any atom is -0.496 e. The summed E-state index contributed by atoms with van der Waals surface area (Å²) in [5, 5.41) is 2.98. The molecule has 1 aromatic rings. The van der Waals surface area contributed by atoms with Gasteiger partial charge in [0.25, 0.3) is 0 Å². The number of benzene rings is 1. The molecule has 3 atom stereocenters. The van der Waals surface area contributed by atoms with Gasteiger partial charge in [-0.15, -0.1) is 0 Å². The van der Waals surface area contributed by atoms with E-state index in [9.17, 15) is 4.79 Å². The zero-order valence-electron chi connectivity index (χ0n) is 12.3. The second-order valence-corrected chi connectivity index (χ2v) is 6.04. The van der Waals surface area contributed by atoms with Crippen LogP contribution in [0.15, 0.2) is 22.7 Å². The molecule has 1 fully saturated rings. The van der Waals surface area contributed by atoms with Crippen LogP contribution in [0.4, 0.5) is 0 Å². The lowest BCUT2D eigenvalue weighted by Crippen LogP contribution is -2.37. The molecule has 21 heavy (non-hydrogen) atoms. The zero-order chi connectivity index (χ0) is 15.4. The van der Waals surface area contributed by atoms with Gasteiger partial charge >= 0.3 is 0 Å². The molecule has 1 unspecified atom stereocenters. The predicted molar refractivity (Wildman–Crippen MR) is 84.2 cm³/mol. The SMILES string of the molecule is COc1ccc(C(C)NC(=O)[C@@H]2CC[C@H](CN)O2)cc1Br. The zero-order valence-corrected chi connectivity index (χ0v) is 13.9. The molecule has 116 valence electrons. The maximum absolute atomic E-state index is 12.2. The van der Waals surface area contributed by atoms with Crippen LogP contribution < -0.4 is 15.8 Å². The molecule has 1 aliphatic heterocycles. The van der Waals surface area contributed by atoms with Crippen LogP contribution in [0.1, 0.15) is 31.4 Å². The minimum atomic E-state index is -0.386. The van der Waals surface area contributed by atoms with Crippen LogP contribution in [0.2, 0.25) is 0 Å². The molecule has 2 rings (SSSR count). The van der Waals surface area contributed by atoms with Crippen molar-refractivity contribution in [2.24, 2.45) is 5.73 Å². The van der Waals surface area contributed by atoms with Gasteiger partial charge < -0.3 is 20.5 Å². The topological polar surface area (TPSA) is 73.6 Å². The Labute approximate surface area is 133 Å². The lowest BCUT2D eigenvalue weighted by Gasteiger charge is -2.18. The predicted octanol–water partition coefficient (Wildman–Crippen LogP) is 2.14. The molecule has 0 radical (unpaired) electrons. The number of rotatable bonds is 5. The van der Waals surface area contributed by atoms with Crippen LogP contribution in [-0.2, 0) is 9.53 Å². The largest absolute Gasteiger partial charge is 0.496 e. The summed E-state index contributed by atoms with van der Waals surface area (Å²) in [5.41, 5.74) is 6.56. The maximum atomic E-state index is 12.2. The highest BCUT2D eigenvalue weighted by Gasteiger charge is 2.30. The molecule has 0 spiro atoms. The monoisotopic (exact) mass is 356 g/mol. The Morgan fingerprint density at radius 3 is 2.90 bits per heavy atom. The van der Waals surface area contributed by atoms with Crippen molar-refractivity contribution < 1.29 is 14.3 Å². The Bertz CT molecular complexity index is 510. The van der Waals surface area contributed by atoms with Gasteiger partial charge in [-0.2, -0.15) is 0 Å². The first kappa shape index (κ1) is 16.3. The second kappa shape index (κ2) is 7.24. The van der Waals surface area contributed by atoms with E-state index in [1.807, 2.05) is 25.1 Å². The first-order valence-electron chi connectivity index (χ1n) is 7.04. The molecule has 0 aromatic heterocycles. The lowest BCUT2D eigenvalue weighted by molar-refractivity contribution is -0.132. The van der Waals surface area contributed by atoms with E-state index in [2.05, 4.69) is 21.2 Å². The third kappa shape index (κ3) is 3.96. The number of carbonyl (C=O) groups excluding carboxylic acids is 1. The third-order valence-electron chi connectivity index (χ3n) is 3.70. The maximum Gasteiger partial charge on any atom is 0.249 e. The summed E-state index contributed by atoms with van der Waals surface area (Å²) in [6.45, 7) is 2.41. The molecule has 6 heteroatoms. The van der Waals surface area contributed by atoms with Gasteiger partial charge in [0.2, 0.25) is 5.91 Å². The molecule has 1 aromatic carbocycles. The van der Waals surface area contributed by atoms with E-state index in [4.69, 9.17) is 15.2 Å². The smallest absolute Gasteiger partial charge is 0.249 e. The highest BCUT2D eigenvalue weighted by molar-refractivity contribution is 9.10. The fourth-order valence-electron chi connectivity index (χ4n) is 2.41. The summed E-state index contributed by atoms with van der Waals surface area (Å²) in [6.07, 6.45) is 1.19. The van der Waals surface area contributed by atoms with Crippen molar-refractivity contribution in [1.82, 2.24) is 5.32 Å². The van der Waals surface area contributed by atoms with Crippen LogP contribution in [0.3, 0.4) is 0 Å². The Hall–Kier alpha value is -1.11. The quantitative estimate of drug-likeness (QED) is 0.847. The average molecular weight is 357 g/mol. The first-order chi connectivity index (χ1) is 10.0. The van der Waals surface area contributed by atoms with Crippen molar-refractivity contribution in [3.8, 4) is 5.75 Å². The molecule has 1 heterocycles. The van der Waals surface area contributed by atoms with E-state index in [-0.39, 0.29) is 24.2 Å². The molecule has 5 nitrogen and oxygen atoms in total. The summed E-state index contributed by atoms with van der Waals surface area (Å²) in [7, 11) is 1.62. The first-order valence-corrected chi connectivity index (χ1v) is 7.83. The Balaban J connectivity index is 1.96. The summed E-state index contributed by atoms with van der Waals surface area (Å²) in [6, 6.07) is 5.66. The van der Waals surface area contributed by atoms with Crippen molar-refractivity contribution >= 4 is 21.8 Å². The van der Waals surface area contributed by atoms with Crippen molar-refractivity contribution in [3.05, 3.63) is 28.2 Å². The number of nitrogens with two attached hydrogens (primary N) is 1. The molecule has 1 saturated heterocycles. The van der Waals surface area contributed by atoms with E-state index < -0.39 is 0 Å². The lowest BCUT2D eigenvalue weighted by atomic mass is 10.1. The van der Waals surface area contributed by atoms with E-state index >= 15 is 0 Å². The molecule has 1 aliphatic rings. The fourth-order valence-corrected chi connectivity index (χ4v) is 2.97. The Morgan fingerprint density at radius 2 is 2.33 bits per heavy atom. The number of nitrogens with one attached hydrogen (secondary N) is 1. The van der Waals surface area contributed by atoms with Crippen molar-refractivity contribution in [1.29, 1.82) is 0 Å². The number of hydrogen-bond acceptors (Lipinski definition) is 4. The van der Waals surface area contributed by atoms with Crippen LogP contribution in [0.25, 0.3) is 0 Å². The van der Waals surface area contributed by atoms with Crippen molar-refractivity contribution in [2.75, 3.05) is 13.7 Å². The molecular weight excluding hydrogens is 336 g/mol. The average Bonchev–Trinajstić information content (AvgIpc) is 2.96. The van der Waals surface area contributed by atoms with Crippen molar-refractivity contribution in [3.63, 3.8) is 0 Å². The molecular formula is C15H21BrN2O3.